The van der Waals surface area contributed by atoms with E-state index in [9.17, 15) is 5.26 Å². The first-order chi connectivity index (χ1) is 44.6. The minimum Gasteiger partial charge on any atom is -0.309 e. The number of nitrogens with zero attached hydrogens (tertiary/aromatic N) is 8. The Morgan fingerprint density at radius 3 is 1.12 bits per heavy atom. The highest BCUT2D eigenvalue weighted by Crippen LogP contribution is 2.47. The molecule has 0 amide bonds. The van der Waals surface area contributed by atoms with Crippen molar-refractivity contribution in [2.45, 2.75) is 0 Å². The van der Waals surface area contributed by atoms with Gasteiger partial charge in [0.1, 0.15) is 0 Å². The molecular formula is C82H50N8. The number of benzene rings is 13. The Morgan fingerprint density at radius 1 is 0.233 bits per heavy atom. The summed E-state index contributed by atoms with van der Waals surface area (Å²) in [6.07, 6.45) is 0. The van der Waals surface area contributed by atoms with Crippen LogP contribution in [0.15, 0.2) is 303 Å². The van der Waals surface area contributed by atoms with Crippen molar-refractivity contribution in [3.63, 3.8) is 0 Å². The van der Waals surface area contributed by atoms with Crippen LogP contribution in [0.3, 0.4) is 0 Å². The molecule has 0 fully saturated rings. The standard InChI is InChI=1S/C82H50N8/c83-51-52-22-21-27-55(44-52)56-40-43-75(90-74-39-20-16-35-63(74)70-48-68-61-33-14-18-37-72(61)88(77(68)50-79(70)90)58-30-11-4-12-31-58)66(45-56)65-46-59(41-42-64(65)82-85-80(53-23-5-1-6-24-53)84-81(86-82)54-25-7-2-8-26-54)89-73-38-19-15-34-62(73)69-47-67-60-32-13-17-36-71(60)87(76(67)49-78(69)89)57-28-9-3-10-29-57/h1-50H. The Balaban J connectivity index is 0.979. The number of hydrogen-bond donors (Lipinski definition) is 0. The lowest BCUT2D eigenvalue weighted by Gasteiger charge is -2.20. The predicted octanol–water partition coefficient (Wildman–Crippen LogP) is 20.5. The Labute approximate surface area is 516 Å². The summed E-state index contributed by atoms with van der Waals surface area (Å²) in [5.74, 6) is 1.66. The van der Waals surface area contributed by atoms with Crippen LogP contribution in [0.1, 0.15) is 5.56 Å². The summed E-state index contributed by atoms with van der Waals surface area (Å²) in [7, 11) is 0. The fourth-order valence-corrected chi connectivity index (χ4v) is 14.0. The molecule has 0 spiro atoms. The summed E-state index contributed by atoms with van der Waals surface area (Å²) < 4.78 is 9.68. The minimum absolute atomic E-state index is 0.528. The number of fused-ring (bicyclic) bond motifs is 12. The molecule has 0 N–H and O–H groups in total. The summed E-state index contributed by atoms with van der Waals surface area (Å²) in [4.78, 5) is 16.2. The van der Waals surface area contributed by atoms with Crippen LogP contribution in [0.5, 0.6) is 0 Å². The first-order valence-corrected chi connectivity index (χ1v) is 30.3. The van der Waals surface area contributed by atoms with Gasteiger partial charge < -0.3 is 18.3 Å². The minimum atomic E-state index is 0.528. The number of rotatable bonds is 9. The highest BCUT2D eigenvalue weighted by atomic mass is 15.0. The van der Waals surface area contributed by atoms with Crippen molar-refractivity contribution in [1.82, 2.24) is 33.2 Å². The lowest BCUT2D eigenvalue weighted by Crippen LogP contribution is -2.04. The number of aromatic nitrogens is 7. The first kappa shape index (κ1) is 50.8. The monoisotopic (exact) mass is 1150 g/mol. The quantitative estimate of drug-likeness (QED) is 0.144. The van der Waals surface area contributed by atoms with E-state index >= 15 is 0 Å². The molecule has 18 aromatic rings. The third-order valence-electron chi connectivity index (χ3n) is 18.0. The van der Waals surface area contributed by atoms with E-state index in [0.29, 0.717) is 23.0 Å². The molecule has 0 atom stereocenters. The van der Waals surface area contributed by atoms with Gasteiger partial charge in [-0.2, -0.15) is 5.26 Å². The second-order valence-electron chi connectivity index (χ2n) is 23.0. The van der Waals surface area contributed by atoms with Crippen LogP contribution in [0.25, 0.3) is 166 Å². The van der Waals surface area contributed by atoms with Crippen LogP contribution in [0, 0.1) is 11.3 Å². The third-order valence-corrected chi connectivity index (χ3v) is 18.0. The predicted molar refractivity (Wildman–Crippen MR) is 369 cm³/mol. The van der Waals surface area contributed by atoms with Gasteiger partial charge in [-0.05, 0) is 132 Å². The average molecular weight is 1150 g/mol. The third kappa shape index (κ3) is 7.97. The van der Waals surface area contributed by atoms with Gasteiger partial charge in [0.05, 0.1) is 61.5 Å². The zero-order valence-corrected chi connectivity index (χ0v) is 48.4. The lowest BCUT2D eigenvalue weighted by molar-refractivity contribution is 1.07. The number of hydrogen-bond acceptors (Lipinski definition) is 4. The molecule has 0 radical (unpaired) electrons. The fourth-order valence-electron chi connectivity index (χ4n) is 14.0. The molecule has 18 rings (SSSR count). The maximum atomic E-state index is 10.4. The molecule has 0 bridgehead atoms. The molecule has 13 aromatic carbocycles. The van der Waals surface area contributed by atoms with Crippen LogP contribution >= 0.6 is 0 Å². The average Bonchev–Trinajstić information content (AvgIpc) is 1.59. The van der Waals surface area contributed by atoms with Crippen molar-refractivity contribution in [2.24, 2.45) is 0 Å². The highest BCUT2D eigenvalue weighted by molar-refractivity contribution is 6.21. The maximum absolute atomic E-state index is 10.4. The van der Waals surface area contributed by atoms with E-state index in [1.807, 2.05) is 54.6 Å². The smallest absolute Gasteiger partial charge is 0.164 e. The Bertz CT molecular complexity index is 5910. The van der Waals surface area contributed by atoms with Gasteiger partial charge in [-0.15, -0.1) is 0 Å². The molecule has 0 aliphatic carbocycles. The molecule has 418 valence electrons. The van der Waals surface area contributed by atoms with E-state index in [0.717, 1.165) is 127 Å². The van der Waals surface area contributed by atoms with Gasteiger partial charge in [-0.1, -0.05) is 188 Å². The van der Waals surface area contributed by atoms with Crippen molar-refractivity contribution in [1.29, 1.82) is 5.26 Å². The van der Waals surface area contributed by atoms with Crippen molar-refractivity contribution >= 4 is 87.2 Å². The highest BCUT2D eigenvalue weighted by Gasteiger charge is 2.26. The second kappa shape index (κ2) is 20.3. The van der Waals surface area contributed by atoms with Gasteiger partial charge >= 0.3 is 0 Å². The van der Waals surface area contributed by atoms with Gasteiger partial charge in [-0.25, -0.2) is 15.0 Å². The van der Waals surface area contributed by atoms with E-state index in [4.69, 9.17) is 15.0 Å². The van der Waals surface area contributed by atoms with E-state index in [-0.39, 0.29) is 0 Å². The van der Waals surface area contributed by atoms with Crippen LogP contribution in [0.2, 0.25) is 0 Å². The molecule has 0 aliphatic heterocycles. The zero-order chi connectivity index (χ0) is 59.4. The zero-order valence-electron chi connectivity index (χ0n) is 48.4. The van der Waals surface area contributed by atoms with Crippen LogP contribution in [-0.2, 0) is 0 Å². The fraction of sp³-hybridized carbons (Fsp3) is 0. The largest absolute Gasteiger partial charge is 0.309 e. The molecule has 8 heteroatoms. The van der Waals surface area contributed by atoms with E-state index in [2.05, 4.69) is 273 Å². The number of para-hydroxylation sites is 6. The number of nitriles is 1. The molecule has 5 heterocycles. The van der Waals surface area contributed by atoms with E-state index in [1.54, 1.807) is 0 Å². The van der Waals surface area contributed by atoms with E-state index in [1.165, 1.54) is 21.5 Å². The summed E-state index contributed by atoms with van der Waals surface area (Å²) in [5, 5.41) is 19.7. The van der Waals surface area contributed by atoms with Gasteiger partial charge in [0.15, 0.2) is 17.5 Å². The van der Waals surface area contributed by atoms with Crippen molar-refractivity contribution in [3.8, 4) is 85.2 Å². The van der Waals surface area contributed by atoms with Gasteiger partial charge in [0, 0.05) is 82.4 Å². The van der Waals surface area contributed by atoms with Gasteiger partial charge in [0.2, 0.25) is 0 Å². The molecule has 0 saturated carbocycles. The lowest BCUT2D eigenvalue weighted by atomic mass is 9.92. The molecule has 0 unspecified atom stereocenters. The van der Waals surface area contributed by atoms with Crippen molar-refractivity contribution < 1.29 is 0 Å². The second-order valence-corrected chi connectivity index (χ2v) is 23.0. The molecular weight excluding hydrogens is 1100 g/mol. The Morgan fingerprint density at radius 2 is 0.633 bits per heavy atom. The first-order valence-electron chi connectivity index (χ1n) is 30.3. The normalized spacial score (nSPS) is 11.8. The van der Waals surface area contributed by atoms with Crippen molar-refractivity contribution in [2.75, 3.05) is 0 Å². The molecule has 5 aromatic heterocycles. The Hall–Kier alpha value is -12.4. The van der Waals surface area contributed by atoms with Crippen LogP contribution < -0.4 is 0 Å². The summed E-state index contributed by atoms with van der Waals surface area (Å²) >= 11 is 0. The van der Waals surface area contributed by atoms with Crippen LogP contribution in [-0.4, -0.2) is 33.2 Å². The Kier molecular flexibility index (Phi) is 11.5. The summed E-state index contributed by atoms with van der Waals surface area (Å²) in [6, 6.07) is 110. The maximum Gasteiger partial charge on any atom is 0.164 e. The van der Waals surface area contributed by atoms with Crippen molar-refractivity contribution in [3.05, 3.63) is 309 Å². The molecule has 8 nitrogen and oxygen atoms in total. The topological polar surface area (TPSA) is 82.2 Å². The summed E-state index contributed by atoms with van der Waals surface area (Å²) in [6.45, 7) is 0. The van der Waals surface area contributed by atoms with Gasteiger partial charge in [-0.3, -0.25) is 0 Å². The molecule has 0 aliphatic rings. The SMILES string of the molecule is N#Cc1cccc(-c2ccc(-n3c4ccccc4c4cc5c6ccccc6n(-c6ccccc6)c5cc43)c(-c3cc(-n4c5ccccc5c5cc6c7ccccc7n(-c7ccccc7)c6cc54)ccc3-c3nc(-c4ccccc4)nc(-c4ccccc4)n3)c2)c1. The molecule has 90 heavy (non-hydrogen) atoms. The van der Waals surface area contributed by atoms with Crippen LogP contribution in [0.4, 0.5) is 0 Å². The van der Waals surface area contributed by atoms with Gasteiger partial charge in [0.25, 0.3) is 0 Å². The molecule has 0 saturated heterocycles. The van der Waals surface area contributed by atoms with E-state index < -0.39 is 0 Å². The summed E-state index contributed by atoms with van der Waals surface area (Å²) in [5.41, 5.74) is 19.8.